The number of anilines is 1. The lowest BCUT2D eigenvalue weighted by atomic mass is 9.78. The molecule has 2 aromatic heterocycles. The fourth-order valence-electron chi connectivity index (χ4n) is 6.29. The number of carbonyl (C=O) groups excluding carboxylic acids is 1. The number of piperazine rings is 1. The summed E-state index contributed by atoms with van der Waals surface area (Å²) in [6, 6.07) is 8.03. The summed E-state index contributed by atoms with van der Waals surface area (Å²) in [6.45, 7) is 7.50. The van der Waals surface area contributed by atoms with E-state index in [1.807, 2.05) is 37.1 Å². The van der Waals surface area contributed by atoms with E-state index in [1.54, 1.807) is 10.7 Å². The summed E-state index contributed by atoms with van der Waals surface area (Å²) in [5.41, 5.74) is 3.65. The molecule has 10 heteroatoms. The quantitative estimate of drug-likeness (QED) is 0.552. The third kappa shape index (κ3) is 4.07. The lowest BCUT2D eigenvalue weighted by molar-refractivity contribution is -0.00294. The van der Waals surface area contributed by atoms with Gasteiger partial charge in [-0.2, -0.15) is 0 Å². The van der Waals surface area contributed by atoms with Crippen LogP contribution in [0.3, 0.4) is 0 Å². The van der Waals surface area contributed by atoms with Crippen molar-refractivity contribution in [1.82, 2.24) is 29.8 Å². The highest BCUT2D eigenvalue weighted by molar-refractivity contribution is 5.85. The number of benzene rings is 1. The molecule has 4 heterocycles. The number of hydrogen-bond acceptors (Lipinski definition) is 7. The standard InChI is InChI=1S/C26H32FN7O2/c1-3-36-25(35)34-16-26(17-34)7-6-20(14-26)32-8-10-33(11-9-32)24-21(13-19(27)15-28-24)18-4-5-23-22(12-18)29-30-31(23)2/h4-5,12-13,15,20H,3,6-11,14,16-17H2,1-2H3/t20-/m1/s1. The van der Waals surface area contributed by atoms with Crippen LogP contribution in [0.4, 0.5) is 15.0 Å². The first-order chi connectivity index (χ1) is 17.4. The number of likely N-dealkylation sites (tertiary alicyclic amines) is 1. The average molecular weight is 494 g/mol. The van der Waals surface area contributed by atoms with Gasteiger partial charge in [0, 0.05) is 63.3 Å². The van der Waals surface area contributed by atoms with Crippen LogP contribution in [0.5, 0.6) is 0 Å². The SMILES string of the molecule is CCOC(=O)N1CC2(CC[C@@H](N3CCN(c4ncc(F)cc4-c4ccc5c(c4)nnn5C)CC3)C2)C1. The maximum atomic E-state index is 14.3. The molecule has 0 radical (unpaired) electrons. The lowest BCUT2D eigenvalue weighted by Crippen LogP contribution is -2.58. The molecule has 3 aromatic rings. The minimum absolute atomic E-state index is 0.179. The fourth-order valence-corrected chi connectivity index (χ4v) is 6.29. The molecule has 36 heavy (non-hydrogen) atoms. The zero-order valence-corrected chi connectivity index (χ0v) is 20.9. The second-order valence-corrected chi connectivity index (χ2v) is 10.4. The van der Waals surface area contributed by atoms with Crippen molar-refractivity contribution in [1.29, 1.82) is 0 Å². The molecule has 1 aromatic carbocycles. The molecule has 1 amide bonds. The topological polar surface area (TPSA) is 79.6 Å². The number of carbonyl (C=O) groups is 1. The van der Waals surface area contributed by atoms with Crippen LogP contribution in [-0.4, -0.2) is 87.8 Å². The molecular formula is C26H32FN7O2. The highest BCUT2D eigenvalue weighted by Gasteiger charge is 2.51. The Morgan fingerprint density at radius 3 is 2.78 bits per heavy atom. The van der Waals surface area contributed by atoms with Gasteiger partial charge in [0.05, 0.1) is 18.3 Å². The minimum atomic E-state index is -0.347. The average Bonchev–Trinajstić information content (AvgIpc) is 3.48. The predicted molar refractivity (Wildman–Crippen MR) is 134 cm³/mol. The second kappa shape index (κ2) is 8.99. The van der Waals surface area contributed by atoms with Crippen molar-refractivity contribution in [2.45, 2.75) is 32.2 Å². The van der Waals surface area contributed by atoms with Crippen molar-refractivity contribution < 1.29 is 13.9 Å². The Morgan fingerprint density at radius 2 is 2.00 bits per heavy atom. The molecule has 0 bridgehead atoms. The summed E-state index contributed by atoms with van der Waals surface area (Å²) in [5.74, 6) is 0.464. The van der Waals surface area contributed by atoms with Crippen molar-refractivity contribution in [2.75, 3.05) is 50.8 Å². The van der Waals surface area contributed by atoms with Gasteiger partial charge in [0.1, 0.15) is 17.2 Å². The molecule has 6 rings (SSSR count). The molecule has 9 nitrogen and oxygen atoms in total. The van der Waals surface area contributed by atoms with Gasteiger partial charge in [0.25, 0.3) is 0 Å². The molecule has 1 spiro atoms. The number of nitrogens with zero attached hydrogens (tertiary/aromatic N) is 7. The van der Waals surface area contributed by atoms with Crippen molar-refractivity contribution in [3.63, 3.8) is 0 Å². The number of fused-ring (bicyclic) bond motifs is 1. The van der Waals surface area contributed by atoms with Gasteiger partial charge in [0.2, 0.25) is 0 Å². The van der Waals surface area contributed by atoms with Gasteiger partial charge in [-0.3, -0.25) is 4.90 Å². The van der Waals surface area contributed by atoms with Crippen LogP contribution < -0.4 is 4.90 Å². The molecule has 3 aliphatic rings. The number of hydrogen-bond donors (Lipinski definition) is 0. The first-order valence-corrected chi connectivity index (χ1v) is 12.8. The van der Waals surface area contributed by atoms with Gasteiger partial charge in [-0.1, -0.05) is 11.3 Å². The van der Waals surface area contributed by atoms with Gasteiger partial charge in [-0.15, -0.1) is 5.10 Å². The number of pyridine rings is 1. The lowest BCUT2D eigenvalue weighted by Gasteiger charge is -2.48. The molecule has 2 aliphatic heterocycles. The van der Waals surface area contributed by atoms with E-state index in [2.05, 4.69) is 25.1 Å². The second-order valence-electron chi connectivity index (χ2n) is 10.4. The number of aryl methyl sites for hydroxylation is 1. The number of ether oxygens (including phenoxy) is 1. The first-order valence-electron chi connectivity index (χ1n) is 12.8. The van der Waals surface area contributed by atoms with Crippen LogP contribution in [0.15, 0.2) is 30.5 Å². The Labute approximate surface area is 209 Å². The minimum Gasteiger partial charge on any atom is -0.450 e. The number of amides is 1. The smallest absolute Gasteiger partial charge is 0.409 e. The molecule has 1 atom stereocenters. The summed E-state index contributed by atoms with van der Waals surface area (Å²) in [7, 11) is 1.86. The van der Waals surface area contributed by atoms with Crippen LogP contribution in [0, 0.1) is 11.2 Å². The zero-order chi connectivity index (χ0) is 24.9. The van der Waals surface area contributed by atoms with Crippen molar-refractivity contribution in [2.24, 2.45) is 12.5 Å². The Kier molecular flexibility index (Phi) is 5.78. The van der Waals surface area contributed by atoms with Gasteiger partial charge in [0.15, 0.2) is 0 Å². The molecular weight excluding hydrogens is 461 g/mol. The van der Waals surface area contributed by atoms with E-state index in [1.165, 1.54) is 19.0 Å². The Balaban J connectivity index is 1.12. The van der Waals surface area contributed by atoms with E-state index in [-0.39, 0.29) is 17.3 Å². The predicted octanol–water partition coefficient (Wildman–Crippen LogP) is 3.30. The number of rotatable bonds is 4. The van der Waals surface area contributed by atoms with Gasteiger partial charge >= 0.3 is 6.09 Å². The van der Waals surface area contributed by atoms with Crippen molar-refractivity contribution in [3.8, 4) is 11.1 Å². The highest BCUT2D eigenvalue weighted by Crippen LogP contribution is 2.47. The largest absolute Gasteiger partial charge is 0.450 e. The van der Waals surface area contributed by atoms with E-state index < -0.39 is 0 Å². The van der Waals surface area contributed by atoms with Crippen LogP contribution in [0.1, 0.15) is 26.2 Å². The zero-order valence-electron chi connectivity index (χ0n) is 20.9. The van der Waals surface area contributed by atoms with Gasteiger partial charge < -0.3 is 14.5 Å². The summed E-state index contributed by atoms with van der Waals surface area (Å²) in [6.07, 6.45) is 4.61. The van der Waals surface area contributed by atoms with Crippen LogP contribution in [-0.2, 0) is 11.8 Å². The third-order valence-corrected chi connectivity index (χ3v) is 8.14. The Morgan fingerprint density at radius 1 is 1.19 bits per heavy atom. The molecule has 3 fully saturated rings. The highest BCUT2D eigenvalue weighted by atomic mass is 19.1. The fraction of sp³-hybridized carbons (Fsp3) is 0.538. The van der Waals surface area contributed by atoms with E-state index >= 15 is 0 Å². The number of aromatic nitrogens is 4. The molecule has 2 saturated heterocycles. The Hall–Kier alpha value is -3.27. The van der Waals surface area contributed by atoms with Crippen LogP contribution in [0.2, 0.25) is 0 Å². The molecule has 0 N–H and O–H groups in total. The summed E-state index contributed by atoms with van der Waals surface area (Å²) in [4.78, 5) is 23.2. The van der Waals surface area contributed by atoms with E-state index in [9.17, 15) is 9.18 Å². The van der Waals surface area contributed by atoms with Crippen LogP contribution >= 0.6 is 0 Å². The first kappa shape index (κ1) is 23.1. The Bertz CT molecular complexity index is 1280. The van der Waals surface area contributed by atoms with Crippen molar-refractivity contribution in [3.05, 3.63) is 36.3 Å². The maximum absolute atomic E-state index is 14.3. The monoisotopic (exact) mass is 493 g/mol. The van der Waals surface area contributed by atoms with Gasteiger partial charge in [-0.05, 0) is 49.9 Å². The normalized spacial score (nSPS) is 21.8. The summed E-state index contributed by atoms with van der Waals surface area (Å²) in [5, 5.41) is 8.30. The molecule has 1 saturated carbocycles. The van der Waals surface area contributed by atoms with E-state index in [0.29, 0.717) is 12.6 Å². The molecule has 190 valence electrons. The van der Waals surface area contributed by atoms with E-state index in [4.69, 9.17) is 4.74 Å². The molecule has 1 aliphatic carbocycles. The van der Waals surface area contributed by atoms with Gasteiger partial charge in [-0.25, -0.2) is 18.9 Å². The third-order valence-electron chi connectivity index (χ3n) is 8.14. The van der Waals surface area contributed by atoms with Crippen LogP contribution in [0.25, 0.3) is 22.2 Å². The number of halogens is 1. The molecule has 0 unspecified atom stereocenters. The maximum Gasteiger partial charge on any atom is 0.409 e. The van der Waals surface area contributed by atoms with Crippen molar-refractivity contribution >= 4 is 22.9 Å². The summed E-state index contributed by atoms with van der Waals surface area (Å²) >= 11 is 0. The van der Waals surface area contributed by atoms with E-state index in [0.717, 1.165) is 73.7 Å². The summed E-state index contributed by atoms with van der Waals surface area (Å²) < 4.78 is 21.1.